The molecule has 3 aromatic rings. The number of hydrogen-bond donors (Lipinski definition) is 0. The highest BCUT2D eigenvalue weighted by molar-refractivity contribution is 6.17. The van der Waals surface area contributed by atoms with Crippen LogP contribution in [0.3, 0.4) is 0 Å². The third kappa shape index (κ3) is 2.29. The largest absolute Gasteiger partial charge is 0.343 e. The number of nitrogens with zero attached hydrogens (tertiary/aromatic N) is 1. The summed E-state index contributed by atoms with van der Waals surface area (Å²) in [7, 11) is 0. The second-order valence-corrected chi connectivity index (χ2v) is 5.15. The standard InChI is InChI=1S/C19H17NO/c1-3-12-20-13-17(16-10-6-7-11-18(16)20)19(21)15-9-5-4-8-14(15)2/h3-11,13H,1,12H2,2H3. The zero-order valence-corrected chi connectivity index (χ0v) is 12.0. The molecule has 0 amide bonds. The zero-order chi connectivity index (χ0) is 14.8. The SMILES string of the molecule is C=CCn1cc(C(=O)c2ccccc2C)c2ccccc21. The molecule has 0 saturated heterocycles. The molecule has 2 aromatic carbocycles. The van der Waals surface area contributed by atoms with Gasteiger partial charge in [0.2, 0.25) is 0 Å². The summed E-state index contributed by atoms with van der Waals surface area (Å²) in [6.45, 7) is 6.45. The summed E-state index contributed by atoms with van der Waals surface area (Å²) in [6.07, 6.45) is 3.77. The molecular formula is C19H17NO. The van der Waals surface area contributed by atoms with Crippen molar-refractivity contribution in [1.82, 2.24) is 4.57 Å². The Hall–Kier alpha value is -2.61. The maximum atomic E-state index is 12.9. The van der Waals surface area contributed by atoms with E-state index in [0.717, 1.165) is 27.6 Å². The van der Waals surface area contributed by atoms with Gasteiger partial charge in [0.05, 0.1) is 0 Å². The number of rotatable bonds is 4. The van der Waals surface area contributed by atoms with E-state index in [1.54, 1.807) is 0 Å². The van der Waals surface area contributed by atoms with Crippen molar-refractivity contribution >= 4 is 16.7 Å². The molecule has 0 unspecified atom stereocenters. The number of ketones is 1. The number of aryl methyl sites for hydroxylation is 1. The first-order chi connectivity index (χ1) is 10.2. The lowest BCUT2D eigenvalue weighted by molar-refractivity contribution is 0.103. The monoisotopic (exact) mass is 275 g/mol. The first-order valence-electron chi connectivity index (χ1n) is 7.01. The van der Waals surface area contributed by atoms with Gasteiger partial charge in [0.15, 0.2) is 5.78 Å². The average molecular weight is 275 g/mol. The van der Waals surface area contributed by atoms with Crippen LogP contribution in [0.1, 0.15) is 21.5 Å². The van der Waals surface area contributed by atoms with Crippen LogP contribution in [0, 0.1) is 6.92 Å². The molecule has 1 aromatic heterocycles. The fourth-order valence-corrected chi connectivity index (χ4v) is 2.69. The Bertz CT molecular complexity index is 826. The number of carbonyl (C=O) groups is 1. The predicted molar refractivity (Wildman–Crippen MR) is 86.7 cm³/mol. The molecule has 0 radical (unpaired) electrons. The van der Waals surface area contributed by atoms with E-state index < -0.39 is 0 Å². The third-order valence-corrected chi connectivity index (χ3v) is 3.75. The Balaban J connectivity index is 2.19. The van der Waals surface area contributed by atoms with Crippen LogP contribution in [-0.2, 0) is 6.54 Å². The molecule has 2 heteroatoms. The van der Waals surface area contributed by atoms with Crippen LogP contribution in [0.2, 0.25) is 0 Å². The molecule has 104 valence electrons. The maximum absolute atomic E-state index is 12.9. The van der Waals surface area contributed by atoms with E-state index in [9.17, 15) is 4.79 Å². The number of aromatic nitrogens is 1. The zero-order valence-electron chi connectivity index (χ0n) is 12.0. The number of benzene rings is 2. The highest BCUT2D eigenvalue weighted by atomic mass is 16.1. The van der Waals surface area contributed by atoms with Crippen LogP contribution in [0.5, 0.6) is 0 Å². The second-order valence-electron chi connectivity index (χ2n) is 5.15. The minimum atomic E-state index is 0.0760. The minimum Gasteiger partial charge on any atom is -0.343 e. The average Bonchev–Trinajstić information content (AvgIpc) is 2.87. The number of para-hydroxylation sites is 1. The lowest BCUT2D eigenvalue weighted by Crippen LogP contribution is -2.03. The van der Waals surface area contributed by atoms with Gasteiger partial charge in [-0.1, -0.05) is 48.5 Å². The Morgan fingerprint density at radius 2 is 1.81 bits per heavy atom. The molecule has 0 aliphatic rings. The molecular weight excluding hydrogens is 258 g/mol. The molecule has 0 fully saturated rings. The van der Waals surface area contributed by atoms with E-state index >= 15 is 0 Å². The summed E-state index contributed by atoms with van der Waals surface area (Å²) in [5, 5.41) is 0.993. The molecule has 0 bridgehead atoms. The molecule has 1 heterocycles. The summed E-state index contributed by atoms with van der Waals surface area (Å²) in [4.78, 5) is 12.9. The minimum absolute atomic E-state index is 0.0760. The molecule has 0 N–H and O–H groups in total. The van der Waals surface area contributed by atoms with Gasteiger partial charge in [-0.05, 0) is 18.6 Å². The van der Waals surface area contributed by atoms with Crippen LogP contribution in [-0.4, -0.2) is 10.4 Å². The normalized spacial score (nSPS) is 10.7. The molecule has 0 atom stereocenters. The van der Waals surface area contributed by atoms with Crippen molar-refractivity contribution in [3.63, 3.8) is 0 Å². The van der Waals surface area contributed by atoms with E-state index in [1.807, 2.05) is 67.7 Å². The van der Waals surface area contributed by atoms with Crippen molar-refractivity contribution in [2.45, 2.75) is 13.5 Å². The molecule has 0 aliphatic heterocycles. The van der Waals surface area contributed by atoms with Crippen molar-refractivity contribution < 1.29 is 4.79 Å². The first-order valence-corrected chi connectivity index (χ1v) is 7.01. The van der Waals surface area contributed by atoms with Crippen molar-refractivity contribution in [3.05, 3.63) is 84.1 Å². The molecule has 21 heavy (non-hydrogen) atoms. The summed E-state index contributed by atoms with van der Waals surface area (Å²) >= 11 is 0. The predicted octanol–water partition coefficient (Wildman–Crippen LogP) is 4.37. The van der Waals surface area contributed by atoms with Gasteiger partial charge in [0, 0.05) is 34.8 Å². The molecule has 0 saturated carbocycles. The molecule has 0 spiro atoms. The quantitative estimate of drug-likeness (QED) is 0.512. The third-order valence-electron chi connectivity index (χ3n) is 3.75. The van der Waals surface area contributed by atoms with Crippen LogP contribution in [0.15, 0.2) is 67.4 Å². The highest BCUT2D eigenvalue weighted by Gasteiger charge is 2.17. The topological polar surface area (TPSA) is 22.0 Å². The van der Waals surface area contributed by atoms with Gasteiger partial charge < -0.3 is 4.57 Å². The second kappa shape index (κ2) is 5.41. The van der Waals surface area contributed by atoms with E-state index in [1.165, 1.54) is 0 Å². The summed E-state index contributed by atoms with van der Waals surface area (Å²) in [6, 6.07) is 15.7. The van der Waals surface area contributed by atoms with E-state index in [-0.39, 0.29) is 5.78 Å². The number of hydrogen-bond acceptors (Lipinski definition) is 1. The van der Waals surface area contributed by atoms with Crippen LogP contribution in [0.25, 0.3) is 10.9 Å². The Morgan fingerprint density at radius 1 is 1.10 bits per heavy atom. The molecule has 0 aliphatic carbocycles. The van der Waals surface area contributed by atoms with Crippen LogP contribution < -0.4 is 0 Å². The maximum Gasteiger partial charge on any atom is 0.195 e. The van der Waals surface area contributed by atoms with Gasteiger partial charge in [-0.2, -0.15) is 0 Å². The number of fused-ring (bicyclic) bond motifs is 1. The van der Waals surface area contributed by atoms with Crippen molar-refractivity contribution in [3.8, 4) is 0 Å². The lowest BCUT2D eigenvalue weighted by atomic mass is 9.99. The van der Waals surface area contributed by atoms with Gasteiger partial charge in [-0.15, -0.1) is 6.58 Å². The van der Waals surface area contributed by atoms with Gasteiger partial charge in [0.1, 0.15) is 0 Å². The van der Waals surface area contributed by atoms with Crippen molar-refractivity contribution in [2.24, 2.45) is 0 Å². The van der Waals surface area contributed by atoms with Crippen LogP contribution >= 0.6 is 0 Å². The van der Waals surface area contributed by atoms with Gasteiger partial charge in [-0.25, -0.2) is 0 Å². The van der Waals surface area contributed by atoms with Crippen LogP contribution in [0.4, 0.5) is 0 Å². The molecule has 2 nitrogen and oxygen atoms in total. The smallest absolute Gasteiger partial charge is 0.195 e. The first kappa shape index (κ1) is 13.4. The van der Waals surface area contributed by atoms with Gasteiger partial charge in [0.25, 0.3) is 0 Å². The van der Waals surface area contributed by atoms with Gasteiger partial charge >= 0.3 is 0 Å². The molecule has 3 rings (SSSR count). The van der Waals surface area contributed by atoms with E-state index in [0.29, 0.717) is 6.54 Å². The fraction of sp³-hybridized carbons (Fsp3) is 0.105. The van der Waals surface area contributed by atoms with Gasteiger partial charge in [-0.3, -0.25) is 4.79 Å². The lowest BCUT2D eigenvalue weighted by Gasteiger charge is -2.03. The summed E-state index contributed by atoms with van der Waals surface area (Å²) < 4.78 is 2.06. The number of allylic oxidation sites excluding steroid dienone is 1. The number of carbonyl (C=O) groups excluding carboxylic acids is 1. The Morgan fingerprint density at radius 3 is 2.57 bits per heavy atom. The highest BCUT2D eigenvalue weighted by Crippen LogP contribution is 2.25. The van der Waals surface area contributed by atoms with Crippen molar-refractivity contribution in [1.29, 1.82) is 0 Å². The Kier molecular flexibility index (Phi) is 3.44. The van der Waals surface area contributed by atoms with Crippen molar-refractivity contribution in [2.75, 3.05) is 0 Å². The summed E-state index contributed by atoms with van der Waals surface area (Å²) in [5.74, 6) is 0.0760. The van der Waals surface area contributed by atoms with E-state index in [2.05, 4.69) is 11.1 Å². The fourth-order valence-electron chi connectivity index (χ4n) is 2.69. The van der Waals surface area contributed by atoms with E-state index in [4.69, 9.17) is 0 Å². The Labute approximate surface area is 124 Å². The summed E-state index contributed by atoms with van der Waals surface area (Å²) in [5.41, 5.74) is 3.58.